The summed E-state index contributed by atoms with van der Waals surface area (Å²) in [6.45, 7) is 6.26. The standard InChI is InChI=1S/C26H29N5OS/c1-4-18-10-12-21(13-11-18)30-16(2)14-20(17(30)3)15-22-23(27)31-26(28-24(22)32)33-25(29-31)19-8-6-5-7-9-19/h10-15,19,27H,4-9H2,1-3H3/b22-15-,27-23?. The van der Waals surface area contributed by atoms with E-state index in [4.69, 9.17) is 10.5 Å². The highest BCUT2D eigenvalue weighted by atomic mass is 32.2. The predicted octanol–water partition coefficient (Wildman–Crippen LogP) is 5.86. The molecule has 170 valence electrons. The van der Waals surface area contributed by atoms with Crippen molar-refractivity contribution in [2.45, 2.75) is 59.3 Å². The lowest BCUT2D eigenvalue weighted by Crippen LogP contribution is -2.35. The molecule has 0 spiro atoms. The van der Waals surface area contributed by atoms with E-state index in [2.05, 4.69) is 53.7 Å². The Labute approximate surface area is 199 Å². The summed E-state index contributed by atoms with van der Waals surface area (Å²) < 4.78 is 2.18. The van der Waals surface area contributed by atoms with Crippen molar-refractivity contribution in [2.75, 3.05) is 0 Å². The molecule has 2 aliphatic heterocycles. The van der Waals surface area contributed by atoms with Crippen LogP contribution < -0.4 is 0 Å². The van der Waals surface area contributed by atoms with Crippen molar-refractivity contribution in [1.82, 2.24) is 9.58 Å². The summed E-state index contributed by atoms with van der Waals surface area (Å²) in [7, 11) is 0. The third-order valence-corrected chi connectivity index (χ3v) is 7.87. The molecule has 0 unspecified atom stereocenters. The van der Waals surface area contributed by atoms with Crippen LogP contribution in [0.1, 0.15) is 61.5 Å². The molecule has 33 heavy (non-hydrogen) atoms. The number of nitrogens with zero attached hydrogens (tertiary/aromatic N) is 4. The van der Waals surface area contributed by atoms with E-state index in [0.717, 1.165) is 46.9 Å². The molecule has 0 atom stereocenters. The minimum absolute atomic E-state index is 0.111. The van der Waals surface area contributed by atoms with Crippen LogP contribution in [0.3, 0.4) is 0 Å². The van der Waals surface area contributed by atoms with Crippen LogP contribution in [0.2, 0.25) is 0 Å². The molecule has 0 saturated heterocycles. The van der Waals surface area contributed by atoms with Gasteiger partial charge in [-0.3, -0.25) is 10.2 Å². The quantitative estimate of drug-likeness (QED) is 0.582. The second-order valence-corrected chi connectivity index (χ2v) is 9.96. The number of hydrogen-bond donors (Lipinski definition) is 1. The Morgan fingerprint density at radius 1 is 1.15 bits per heavy atom. The lowest BCUT2D eigenvalue weighted by atomic mass is 9.90. The number of carbonyl (C=O) groups is 1. The van der Waals surface area contributed by atoms with Gasteiger partial charge < -0.3 is 4.57 Å². The lowest BCUT2D eigenvalue weighted by molar-refractivity contribution is -0.114. The fraction of sp³-hybridized carbons (Fsp3) is 0.385. The van der Waals surface area contributed by atoms with Gasteiger partial charge in [-0.2, -0.15) is 15.1 Å². The molecule has 1 saturated carbocycles. The molecule has 7 heteroatoms. The Balaban J connectivity index is 1.46. The van der Waals surface area contributed by atoms with E-state index in [0.29, 0.717) is 11.1 Å². The summed E-state index contributed by atoms with van der Waals surface area (Å²) in [5.41, 5.74) is 5.71. The van der Waals surface area contributed by atoms with Gasteiger partial charge in [0.25, 0.3) is 5.91 Å². The number of rotatable bonds is 4. The summed E-state index contributed by atoms with van der Waals surface area (Å²) >= 11 is 1.46. The Morgan fingerprint density at radius 3 is 2.58 bits per heavy atom. The highest BCUT2D eigenvalue weighted by Crippen LogP contribution is 2.36. The van der Waals surface area contributed by atoms with E-state index >= 15 is 0 Å². The van der Waals surface area contributed by atoms with Gasteiger partial charge in [0.1, 0.15) is 5.04 Å². The number of hydrazone groups is 1. The Bertz CT molecular complexity index is 1210. The smallest absolute Gasteiger partial charge is 0.283 e. The SMILES string of the molecule is CCc1ccc(-n2c(C)cc(/C=C3/C(=N)N4N=C(C5CCCCC5)SC4=NC3=O)c2C)cc1. The molecular weight excluding hydrogens is 430 g/mol. The Hall–Kier alpha value is -2.93. The van der Waals surface area contributed by atoms with Gasteiger partial charge in [-0.25, -0.2) is 0 Å². The van der Waals surface area contributed by atoms with Crippen molar-refractivity contribution in [2.24, 2.45) is 16.0 Å². The zero-order valence-electron chi connectivity index (χ0n) is 19.4. The molecule has 1 aliphatic carbocycles. The highest BCUT2D eigenvalue weighted by molar-refractivity contribution is 8.27. The maximum Gasteiger partial charge on any atom is 0.283 e. The maximum atomic E-state index is 12.9. The van der Waals surface area contributed by atoms with E-state index in [-0.39, 0.29) is 17.3 Å². The van der Waals surface area contributed by atoms with Crippen LogP contribution in [0.4, 0.5) is 0 Å². The molecule has 3 aliphatic rings. The number of aromatic nitrogens is 1. The minimum Gasteiger partial charge on any atom is -0.318 e. The van der Waals surface area contributed by atoms with Gasteiger partial charge in [-0.15, -0.1) is 0 Å². The average molecular weight is 460 g/mol. The molecule has 3 heterocycles. The van der Waals surface area contributed by atoms with Gasteiger partial charge in [-0.1, -0.05) is 38.3 Å². The first kappa shape index (κ1) is 21.9. The Kier molecular flexibility index (Phi) is 5.83. The van der Waals surface area contributed by atoms with Gasteiger partial charge in [0.05, 0.1) is 5.57 Å². The van der Waals surface area contributed by atoms with Crippen LogP contribution in [0.25, 0.3) is 11.8 Å². The summed E-state index contributed by atoms with van der Waals surface area (Å²) in [5, 5.41) is 16.5. The van der Waals surface area contributed by atoms with Gasteiger partial charge >= 0.3 is 0 Å². The number of hydrogen-bond acceptors (Lipinski definition) is 4. The first-order valence-corrected chi connectivity index (χ1v) is 12.6. The number of thioether (sulfide) groups is 1. The number of carbonyl (C=O) groups excluding carboxylic acids is 1. The number of nitrogens with one attached hydrogen (secondary N) is 1. The number of aliphatic imine (C=N–C) groups is 1. The molecule has 2 aromatic rings. The maximum absolute atomic E-state index is 12.9. The highest BCUT2D eigenvalue weighted by Gasteiger charge is 2.38. The molecule has 5 rings (SSSR count). The average Bonchev–Trinajstić information content (AvgIpc) is 3.38. The monoisotopic (exact) mass is 459 g/mol. The van der Waals surface area contributed by atoms with Crippen molar-refractivity contribution < 1.29 is 4.79 Å². The first-order chi connectivity index (χ1) is 16.0. The number of fused-ring (bicyclic) bond motifs is 1. The van der Waals surface area contributed by atoms with Crippen molar-refractivity contribution in [3.05, 3.63) is 58.4 Å². The first-order valence-electron chi connectivity index (χ1n) is 11.7. The molecule has 6 nitrogen and oxygen atoms in total. The van der Waals surface area contributed by atoms with Crippen molar-refractivity contribution in [3.8, 4) is 5.69 Å². The third-order valence-electron chi connectivity index (χ3n) is 6.80. The van der Waals surface area contributed by atoms with E-state index in [1.807, 2.05) is 6.92 Å². The van der Waals surface area contributed by atoms with Crippen LogP contribution in [-0.4, -0.2) is 31.5 Å². The topological polar surface area (TPSA) is 73.8 Å². The second kappa shape index (κ2) is 8.78. The van der Waals surface area contributed by atoms with E-state index in [1.54, 1.807) is 11.1 Å². The molecule has 0 radical (unpaired) electrons. The largest absolute Gasteiger partial charge is 0.318 e. The minimum atomic E-state index is -0.365. The van der Waals surface area contributed by atoms with E-state index in [9.17, 15) is 4.79 Å². The lowest BCUT2D eigenvalue weighted by Gasteiger charge is -2.20. The molecule has 1 aromatic heterocycles. The number of benzene rings is 1. The zero-order valence-corrected chi connectivity index (χ0v) is 20.2. The van der Waals surface area contributed by atoms with Crippen molar-refractivity contribution in [3.63, 3.8) is 0 Å². The molecule has 1 N–H and O–H groups in total. The molecule has 1 aromatic carbocycles. The van der Waals surface area contributed by atoms with Crippen LogP contribution >= 0.6 is 11.8 Å². The van der Waals surface area contributed by atoms with Gasteiger partial charge in [0, 0.05) is 23.0 Å². The number of aryl methyl sites for hydroxylation is 2. The normalized spacial score (nSPS) is 20.3. The number of amidine groups is 2. The van der Waals surface area contributed by atoms with Crippen molar-refractivity contribution in [1.29, 1.82) is 5.41 Å². The fourth-order valence-corrected chi connectivity index (χ4v) is 5.95. The summed E-state index contributed by atoms with van der Waals surface area (Å²) in [5.74, 6) is 0.168. The van der Waals surface area contributed by atoms with Crippen LogP contribution in [0.5, 0.6) is 0 Å². The third kappa shape index (κ3) is 3.99. The number of amides is 1. The molecule has 0 bridgehead atoms. The van der Waals surface area contributed by atoms with Crippen LogP contribution in [0.15, 0.2) is 46.0 Å². The molecule has 1 fully saturated rings. The van der Waals surface area contributed by atoms with Crippen molar-refractivity contribution >= 4 is 39.8 Å². The summed E-state index contributed by atoms with van der Waals surface area (Å²) in [4.78, 5) is 17.2. The predicted molar refractivity (Wildman–Crippen MR) is 136 cm³/mol. The van der Waals surface area contributed by atoms with Crippen LogP contribution in [-0.2, 0) is 11.2 Å². The van der Waals surface area contributed by atoms with E-state index in [1.165, 1.54) is 36.6 Å². The molecular formula is C26H29N5OS. The molecule has 1 amide bonds. The van der Waals surface area contributed by atoms with Gasteiger partial charge in [-0.05, 0) is 80.3 Å². The van der Waals surface area contributed by atoms with Gasteiger partial charge in [0.2, 0.25) is 5.17 Å². The second-order valence-electron chi connectivity index (χ2n) is 8.98. The van der Waals surface area contributed by atoms with Crippen LogP contribution in [0, 0.1) is 25.2 Å². The fourth-order valence-electron chi connectivity index (χ4n) is 4.89. The van der Waals surface area contributed by atoms with Gasteiger partial charge in [0.15, 0.2) is 5.84 Å². The zero-order chi connectivity index (χ0) is 23.1. The summed E-state index contributed by atoms with van der Waals surface area (Å²) in [6, 6.07) is 10.6. The Morgan fingerprint density at radius 2 is 1.88 bits per heavy atom. The van der Waals surface area contributed by atoms with E-state index < -0.39 is 0 Å². The summed E-state index contributed by atoms with van der Waals surface area (Å²) in [6.07, 6.45) is 8.77.